The van der Waals surface area contributed by atoms with Gasteiger partial charge in [0.1, 0.15) is 13.2 Å². The summed E-state index contributed by atoms with van der Waals surface area (Å²) in [5.41, 5.74) is 21.0. The first kappa shape index (κ1) is 23.9. The van der Waals surface area contributed by atoms with Crippen molar-refractivity contribution >= 4 is 23.3 Å². The monoisotopic (exact) mass is 475 g/mol. The maximum Gasteiger partial charge on any atom is 0.312 e. The van der Waals surface area contributed by atoms with Gasteiger partial charge in [0.15, 0.2) is 11.5 Å². The van der Waals surface area contributed by atoms with Gasteiger partial charge in [0.2, 0.25) is 0 Å². The number of para-hydroxylation sites is 2. The molecule has 0 fully saturated rings. The van der Waals surface area contributed by atoms with Gasteiger partial charge in [-0.25, -0.2) is 4.79 Å². The van der Waals surface area contributed by atoms with Crippen LogP contribution in [0.25, 0.3) is 0 Å². The average Bonchev–Trinajstić information content (AvgIpc) is 2.87. The molecule has 0 saturated heterocycles. The van der Waals surface area contributed by atoms with Gasteiger partial charge in [0, 0.05) is 11.6 Å². The SMILES string of the molecule is NC(=O)NC(CCC(N)c1ccc2c(c1)OCCO2)c1ccc(C(=O)Nc2ccccc2N)cc1. The fourth-order valence-electron chi connectivity index (χ4n) is 3.97. The maximum absolute atomic E-state index is 12.6. The van der Waals surface area contributed by atoms with Crippen LogP contribution in [0.5, 0.6) is 11.5 Å². The molecule has 4 rings (SSSR count). The van der Waals surface area contributed by atoms with E-state index in [1.165, 1.54) is 0 Å². The first-order valence-electron chi connectivity index (χ1n) is 11.4. The number of carbonyl (C=O) groups excluding carboxylic acids is 2. The van der Waals surface area contributed by atoms with E-state index in [1.54, 1.807) is 48.5 Å². The number of benzene rings is 3. The Hall–Kier alpha value is -4.24. The molecule has 3 aromatic rings. The van der Waals surface area contributed by atoms with E-state index in [0.29, 0.717) is 54.5 Å². The minimum Gasteiger partial charge on any atom is -0.486 e. The number of hydrogen-bond acceptors (Lipinski definition) is 6. The Labute approximate surface area is 203 Å². The van der Waals surface area contributed by atoms with Crippen molar-refractivity contribution in [2.45, 2.75) is 24.9 Å². The number of ether oxygens (including phenoxy) is 2. The summed E-state index contributed by atoms with van der Waals surface area (Å²) in [6, 6.07) is 18.4. The summed E-state index contributed by atoms with van der Waals surface area (Å²) in [4.78, 5) is 24.2. The van der Waals surface area contributed by atoms with Gasteiger partial charge in [0.25, 0.3) is 5.91 Å². The van der Waals surface area contributed by atoms with Gasteiger partial charge in [-0.15, -0.1) is 0 Å². The third kappa shape index (κ3) is 6.01. The minimum absolute atomic E-state index is 0.274. The molecule has 0 bridgehead atoms. The normalized spacial score (nSPS) is 14.0. The largest absolute Gasteiger partial charge is 0.486 e. The van der Waals surface area contributed by atoms with E-state index in [2.05, 4.69) is 10.6 Å². The molecule has 8 N–H and O–H groups in total. The van der Waals surface area contributed by atoms with Crippen LogP contribution in [0, 0.1) is 0 Å². The highest BCUT2D eigenvalue weighted by molar-refractivity contribution is 6.05. The molecule has 9 nitrogen and oxygen atoms in total. The number of rotatable bonds is 8. The molecule has 3 aromatic carbocycles. The quantitative estimate of drug-likeness (QED) is 0.314. The zero-order valence-electron chi connectivity index (χ0n) is 19.2. The van der Waals surface area contributed by atoms with Crippen molar-refractivity contribution in [3.8, 4) is 11.5 Å². The lowest BCUT2D eigenvalue weighted by atomic mass is 9.95. The van der Waals surface area contributed by atoms with E-state index in [-0.39, 0.29) is 18.0 Å². The van der Waals surface area contributed by atoms with Crippen molar-refractivity contribution in [2.24, 2.45) is 11.5 Å². The summed E-state index contributed by atoms with van der Waals surface area (Å²) in [6.45, 7) is 1.03. The number of primary amides is 1. The van der Waals surface area contributed by atoms with E-state index in [9.17, 15) is 9.59 Å². The molecule has 1 heterocycles. The Morgan fingerprint density at radius 3 is 2.29 bits per heavy atom. The van der Waals surface area contributed by atoms with Crippen LogP contribution in [0.2, 0.25) is 0 Å². The second kappa shape index (κ2) is 10.8. The lowest BCUT2D eigenvalue weighted by Gasteiger charge is -2.22. The molecule has 0 radical (unpaired) electrons. The van der Waals surface area contributed by atoms with Crippen LogP contribution in [0.3, 0.4) is 0 Å². The van der Waals surface area contributed by atoms with E-state index >= 15 is 0 Å². The van der Waals surface area contributed by atoms with E-state index in [0.717, 1.165) is 11.1 Å². The number of urea groups is 1. The molecule has 9 heteroatoms. The molecule has 3 amide bonds. The second-order valence-electron chi connectivity index (χ2n) is 8.31. The minimum atomic E-state index is -0.635. The summed E-state index contributed by atoms with van der Waals surface area (Å²) in [5.74, 6) is 1.11. The van der Waals surface area contributed by atoms with Crippen LogP contribution in [0.1, 0.15) is 46.4 Å². The lowest BCUT2D eigenvalue weighted by Crippen LogP contribution is -2.33. The van der Waals surface area contributed by atoms with Gasteiger partial charge in [-0.3, -0.25) is 4.79 Å². The van der Waals surface area contributed by atoms with Gasteiger partial charge in [-0.2, -0.15) is 0 Å². The van der Waals surface area contributed by atoms with Crippen molar-refractivity contribution in [1.29, 1.82) is 0 Å². The van der Waals surface area contributed by atoms with Crippen LogP contribution in [-0.4, -0.2) is 25.2 Å². The van der Waals surface area contributed by atoms with E-state index in [1.807, 2.05) is 18.2 Å². The molecule has 2 atom stereocenters. The molecule has 1 aliphatic rings. The van der Waals surface area contributed by atoms with Crippen molar-refractivity contribution in [3.63, 3.8) is 0 Å². The fraction of sp³-hybridized carbons (Fsp3) is 0.231. The third-order valence-corrected chi connectivity index (χ3v) is 5.86. The fourth-order valence-corrected chi connectivity index (χ4v) is 3.97. The molecule has 35 heavy (non-hydrogen) atoms. The highest BCUT2D eigenvalue weighted by atomic mass is 16.6. The number of anilines is 2. The number of nitrogens with two attached hydrogens (primary N) is 3. The van der Waals surface area contributed by atoms with Crippen molar-refractivity contribution in [1.82, 2.24) is 5.32 Å². The first-order chi connectivity index (χ1) is 16.9. The van der Waals surface area contributed by atoms with Crippen LogP contribution in [0.4, 0.5) is 16.2 Å². The number of fused-ring (bicyclic) bond motifs is 1. The summed E-state index contributed by atoms with van der Waals surface area (Å²) < 4.78 is 11.2. The van der Waals surface area contributed by atoms with Crippen LogP contribution >= 0.6 is 0 Å². The summed E-state index contributed by atoms with van der Waals surface area (Å²) in [7, 11) is 0. The summed E-state index contributed by atoms with van der Waals surface area (Å²) in [6.07, 6.45) is 1.13. The molecule has 182 valence electrons. The standard InChI is InChI=1S/C26H29N5O4/c27-19(18-9-12-23-24(15-18)35-14-13-34-23)10-11-21(31-26(29)33)16-5-7-17(8-6-16)25(32)30-22-4-2-1-3-20(22)28/h1-9,12,15,19,21H,10-11,13-14,27-28H2,(H,30,32)(H3,29,31,33). The molecule has 0 aromatic heterocycles. The van der Waals surface area contributed by atoms with Crippen molar-refractivity contribution in [2.75, 3.05) is 24.3 Å². The van der Waals surface area contributed by atoms with Crippen LogP contribution < -0.4 is 37.3 Å². The Morgan fingerprint density at radius 1 is 0.886 bits per heavy atom. The Balaban J connectivity index is 1.42. The van der Waals surface area contributed by atoms with Crippen LogP contribution in [-0.2, 0) is 0 Å². The first-order valence-corrected chi connectivity index (χ1v) is 11.4. The zero-order chi connectivity index (χ0) is 24.8. The van der Waals surface area contributed by atoms with E-state index < -0.39 is 6.03 Å². The number of nitrogens with one attached hydrogen (secondary N) is 2. The molecule has 2 unspecified atom stereocenters. The Kier molecular flexibility index (Phi) is 7.37. The van der Waals surface area contributed by atoms with Gasteiger partial charge in [-0.05, 0) is 60.4 Å². The number of hydrogen-bond donors (Lipinski definition) is 5. The highest BCUT2D eigenvalue weighted by Gasteiger charge is 2.19. The Bertz CT molecular complexity index is 1200. The van der Waals surface area contributed by atoms with Gasteiger partial charge in [-0.1, -0.05) is 30.3 Å². The lowest BCUT2D eigenvalue weighted by molar-refractivity contribution is 0.102. The summed E-state index contributed by atoms with van der Waals surface area (Å²) >= 11 is 0. The predicted octanol–water partition coefficient (Wildman–Crippen LogP) is 3.48. The topological polar surface area (TPSA) is 155 Å². The molecule has 0 spiro atoms. The zero-order valence-corrected chi connectivity index (χ0v) is 19.2. The molecular formula is C26H29N5O4. The van der Waals surface area contributed by atoms with Gasteiger partial charge in [0.05, 0.1) is 17.4 Å². The predicted molar refractivity (Wildman–Crippen MR) is 134 cm³/mol. The van der Waals surface area contributed by atoms with Crippen molar-refractivity contribution in [3.05, 3.63) is 83.4 Å². The third-order valence-electron chi connectivity index (χ3n) is 5.86. The van der Waals surface area contributed by atoms with Gasteiger partial charge >= 0.3 is 6.03 Å². The average molecular weight is 476 g/mol. The molecule has 1 aliphatic heterocycles. The maximum atomic E-state index is 12.6. The number of nitrogen functional groups attached to an aromatic ring is 1. The smallest absolute Gasteiger partial charge is 0.312 e. The molecule has 0 saturated carbocycles. The van der Waals surface area contributed by atoms with Gasteiger partial charge < -0.3 is 37.3 Å². The Morgan fingerprint density at radius 2 is 1.57 bits per heavy atom. The second-order valence-corrected chi connectivity index (χ2v) is 8.31. The molecule has 0 aliphatic carbocycles. The van der Waals surface area contributed by atoms with Crippen molar-refractivity contribution < 1.29 is 19.1 Å². The van der Waals surface area contributed by atoms with Crippen LogP contribution in [0.15, 0.2) is 66.7 Å². The number of amides is 3. The number of carbonyl (C=O) groups is 2. The summed E-state index contributed by atoms with van der Waals surface area (Å²) in [5, 5.41) is 5.57. The highest BCUT2D eigenvalue weighted by Crippen LogP contribution is 2.34. The molecular weight excluding hydrogens is 446 g/mol. The van der Waals surface area contributed by atoms with E-state index in [4.69, 9.17) is 26.7 Å².